The highest BCUT2D eigenvalue weighted by Crippen LogP contribution is 2.40. The molecule has 0 heterocycles. The van der Waals surface area contributed by atoms with Gasteiger partial charge in [0.15, 0.2) is 0 Å². The van der Waals surface area contributed by atoms with Gasteiger partial charge in [-0.25, -0.2) is 8.78 Å². The van der Waals surface area contributed by atoms with Crippen LogP contribution in [0.1, 0.15) is 23.5 Å². The van der Waals surface area contributed by atoms with Gasteiger partial charge in [0.2, 0.25) is 0 Å². The molecule has 2 unspecified atom stereocenters. The van der Waals surface area contributed by atoms with Gasteiger partial charge in [-0.15, -0.1) is 0 Å². The van der Waals surface area contributed by atoms with Crippen LogP contribution in [-0.4, -0.2) is 6.04 Å². The van der Waals surface area contributed by atoms with Crippen LogP contribution in [-0.2, 0) is 6.54 Å². The van der Waals surface area contributed by atoms with Crippen molar-refractivity contribution < 1.29 is 8.78 Å². The van der Waals surface area contributed by atoms with Crippen molar-refractivity contribution in [1.82, 2.24) is 5.32 Å². The molecular formula is C16H15F2N. The smallest absolute Gasteiger partial charge is 0.126 e. The highest BCUT2D eigenvalue weighted by Gasteiger charge is 2.37. The third-order valence-corrected chi connectivity index (χ3v) is 3.51. The average molecular weight is 259 g/mol. The molecule has 1 N–H and O–H groups in total. The molecule has 0 amide bonds. The van der Waals surface area contributed by atoms with E-state index in [1.54, 1.807) is 0 Å². The highest BCUT2D eigenvalue weighted by atomic mass is 19.1. The van der Waals surface area contributed by atoms with Crippen molar-refractivity contribution >= 4 is 0 Å². The van der Waals surface area contributed by atoms with Crippen LogP contribution in [0.25, 0.3) is 0 Å². The minimum absolute atomic E-state index is 0.411. The summed E-state index contributed by atoms with van der Waals surface area (Å²) in [7, 11) is 0. The fourth-order valence-corrected chi connectivity index (χ4v) is 2.45. The zero-order valence-corrected chi connectivity index (χ0v) is 10.4. The second-order valence-electron chi connectivity index (χ2n) is 5.02. The molecule has 2 aromatic carbocycles. The van der Waals surface area contributed by atoms with Crippen molar-refractivity contribution in [2.45, 2.75) is 24.9 Å². The van der Waals surface area contributed by atoms with E-state index in [1.807, 2.05) is 18.2 Å². The van der Waals surface area contributed by atoms with Gasteiger partial charge in [0.1, 0.15) is 11.6 Å². The number of hydrogen-bond donors (Lipinski definition) is 1. The van der Waals surface area contributed by atoms with E-state index in [4.69, 9.17) is 0 Å². The molecule has 1 aliphatic carbocycles. The summed E-state index contributed by atoms with van der Waals surface area (Å²) >= 11 is 0. The molecule has 3 rings (SSSR count). The van der Waals surface area contributed by atoms with Gasteiger partial charge in [-0.05, 0) is 29.7 Å². The highest BCUT2D eigenvalue weighted by molar-refractivity contribution is 5.28. The second kappa shape index (κ2) is 5.10. The fraction of sp³-hybridized carbons (Fsp3) is 0.250. The lowest BCUT2D eigenvalue weighted by Gasteiger charge is -2.05. The molecule has 2 aromatic rings. The van der Waals surface area contributed by atoms with Gasteiger partial charge in [-0.2, -0.15) is 0 Å². The van der Waals surface area contributed by atoms with Gasteiger partial charge >= 0.3 is 0 Å². The summed E-state index contributed by atoms with van der Waals surface area (Å²) in [4.78, 5) is 0. The Labute approximate surface area is 111 Å². The first kappa shape index (κ1) is 12.3. The van der Waals surface area contributed by atoms with Gasteiger partial charge in [0.05, 0.1) is 0 Å². The largest absolute Gasteiger partial charge is 0.309 e. The summed E-state index contributed by atoms with van der Waals surface area (Å²) in [5.74, 6) is -0.515. The molecule has 0 saturated heterocycles. The Morgan fingerprint density at radius 3 is 2.37 bits per heavy atom. The van der Waals surface area contributed by atoms with E-state index in [-0.39, 0.29) is 0 Å². The minimum Gasteiger partial charge on any atom is -0.309 e. The van der Waals surface area contributed by atoms with Crippen molar-refractivity contribution in [3.8, 4) is 0 Å². The van der Waals surface area contributed by atoms with Gasteiger partial charge in [0, 0.05) is 24.6 Å². The molecule has 0 spiro atoms. The van der Waals surface area contributed by atoms with Crippen LogP contribution in [0.4, 0.5) is 8.78 Å². The predicted octanol–water partition coefficient (Wildman–Crippen LogP) is 3.61. The van der Waals surface area contributed by atoms with E-state index in [1.165, 1.54) is 17.7 Å². The van der Waals surface area contributed by atoms with E-state index < -0.39 is 11.6 Å². The summed E-state index contributed by atoms with van der Waals surface area (Å²) in [5, 5.41) is 3.34. The first-order chi connectivity index (χ1) is 9.22. The Balaban J connectivity index is 1.57. The van der Waals surface area contributed by atoms with Crippen LogP contribution in [0, 0.1) is 11.6 Å². The zero-order chi connectivity index (χ0) is 13.2. The molecular weight excluding hydrogens is 244 g/mol. The van der Waals surface area contributed by atoms with Crippen LogP contribution >= 0.6 is 0 Å². The van der Waals surface area contributed by atoms with Crippen LogP contribution in [0.5, 0.6) is 0 Å². The van der Waals surface area contributed by atoms with E-state index in [2.05, 4.69) is 17.4 Å². The predicted molar refractivity (Wildman–Crippen MR) is 70.8 cm³/mol. The van der Waals surface area contributed by atoms with Crippen LogP contribution in [0.3, 0.4) is 0 Å². The maximum absolute atomic E-state index is 13.0. The third-order valence-electron chi connectivity index (χ3n) is 3.51. The summed E-state index contributed by atoms with van der Waals surface area (Å²) in [6.07, 6.45) is 1.09. The van der Waals surface area contributed by atoms with Crippen molar-refractivity contribution in [1.29, 1.82) is 0 Å². The van der Waals surface area contributed by atoms with Crippen LogP contribution in [0.2, 0.25) is 0 Å². The van der Waals surface area contributed by atoms with E-state index in [0.29, 0.717) is 24.1 Å². The molecule has 0 radical (unpaired) electrons. The Hall–Kier alpha value is -1.74. The molecule has 1 aliphatic rings. The van der Waals surface area contributed by atoms with Gasteiger partial charge in [-0.1, -0.05) is 30.3 Å². The first-order valence-corrected chi connectivity index (χ1v) is 6.45. The zero-order valence-electron chi connectivity index (χ0n) is 10.4. The lowest BCUT2D eigenvalue weighted by Crippen LogP contribution is -2.17. The molecule has 2 atom stereocenters. The molecule has 3 heteroatoms. The number of hydrogen-bond acceptors (Lipinski definition) is 1. The summed E-state index contributed by atoms with van der Waals surface area (Å²) in [6.45, 7) is 0.503. The third kappa shape index (κ3) is 2.99. The SMILES string of the molecule is Fc1cc(F)cc(CNC2CC2c2ccccc2)c1. The lowest BCUT2D eigenvalue weighted by molar-refractivity contribution is 0.574. The number of nitrogens with one attached hydrogen (secondary N) is 1. The first-order valence-electron chi connectivity index (χ1n) is 6.45. The van der Waals surface area contributed by atoms with E-state index in [0.717, 1.165) is 12.5 Å². The van der Waals surface area contributed by atoms with Crippen molar-refractivity contribution in [2.24, 2.45) is 0 Å². The van der Waals surface area contributed by atoms with Crippen LogP contribution < -0.4 is 5.32 Å². The van der Waals surface area contributed by atoms with E-state index in [9.17, 15) is 8.78 Å². The molecule has 1 nitrogen and oxygen atoms in total. The molecule has 0 aromatic heterocycles. The molecule has 0 aliphatic heterocycles. The minimum atomic E-state index is -0.521. The Morgan fingerprint density at radius 1 is 1.00 bits per heavy atom. The normalized spacial score (nSPS) is 21.4. The Kier molecular flexibility index (Phi) is 3.30. The van der Waals surface area contributed by atoms with Crippen molar-refractivity contribution in [3.05, 3.63) is 71.3 Å². The van der Waals surface area contributed by atoms with Gasteiger partial charge in [0.25, 0.3) is 0 Å². The maximum Gasteiger partial charge on any atom is 0.126 e. The van der Waals surface area contributed by atoms with Gasteiger partial charge in [-0.3, -0.25) is 0 Å². The van der Waals surface area contributed by atoms with Gasteiger partial charge < -0.3 is 5.32 Å². The lowest BCUT2D eigenvalue weighted by atomic mass is 10.1. The number of benzene rings is 2. The van der Waals surface area contributed by atoms with Crippen LogP contribution in [0.15, 0.2) is 48.5 Å². The molecule has 1 fully saturated rings. The Bertz CT molecular complexity index is 548. The molecule has 98 valence electrons. The fourth-order valence-electron chi connectivity index (χ4n) is 2.45. The number of halogens is 2. The molecule has 0 bridgehead atoms. The maximum atomic E-state index is 13.0. The second-order valence-corrected chi connectivity index (χ2v) is 5.02. The quantitative estimate of drug-likeness (QED) is 0.884. The Morgan fingerprint density at radius 2 is 1.68 bits per heavy atom. The standard InChI is InChI=1S/C16H15F2N/c17-13-6-11(7-14(18)8-13)10-19-16-9-15(16)12-4-2-1-3-5-12/h1-8,15-16,19H,9-10H2. The summed E-state index contributed by atoms with van der Waals surface area (Å²) in [6, 6.07) is 14.4. The number of rotatable bonds is 4. The molecule has 1 saturated carbocycles. The monoisotopic (exact) mass is 259 g/mol. The topological polar surface area (TPSA) is 12.0 Å². The summed E-state index contributed by atoms with van der Waals surface area (Å²) < 4.78 is 26.1. The van der Waals surface area contributed by atoms with Crippen molar-refractivity contribution in [3.63, 3.8) is 0 Å². The van der Waals surface area contributed by atoms with Crippen molar-refractivity contribution in [2.75, 3.05) is 0 Å². The molecule has 19 heavy (non-hydrogen) atoms. The average Bonchev–Trinajstić information content (AvgIpc) is 3.16. The summed E-state index contributed by atoms with van der Waals surface area (Å²) in [5.41, 5.74) is 1.97. The van der Waals surface area contributed by atoms with E-state index >= 15 is 0 Å².